The molecule has 1 aromatic carbocycles. The first-order chi connectivity index (χ1) is 13.2. The van der Waals surface area contributed by atoms with Crippen molar-refractivity contribution in [3.63, 3.8) is 0 Å². The molecular formula is C20H23N5OS. The summed E-state index contributed by atoms with van der Waals surface area (Å²) < 4.78 is 1.73. The van der Waals surface area contributed by atoms with Crippen molar-refractivity contribution < 1.29 is 4.79 Å². The van der Waals surface area contributed by atoms with Gasteiger partial charge in [0.1, 0.15) is 0 Å². The molecule has 140 valence electrons. The molecule has 7 heteroatoms. The van der Waals surface area contributed by atoms with E-state index in [0.717, 1.165) is 37.2 Å². The zero-order valence-electron chi connectivity index (χ0n) is 15.5. The summed E-state index contributed by atoms with van der Waals surface area (Å²) in [5.41, 5.74) is 3.82. The third-order valence-electron chi connectivity index (χ3n) is 4.87. The number of likely N-dealkylation sites (tertiary alicyclic amines) is 1. The molecule has 1 saturated heterocycles. The van der Waals surface area contributed by atoms with Crippen molar-refractivity contribution in [2.45, 2.75) is 37.8 Å². The molecule has 0 spiro atoms. The molecule has 0 radical (unpaired) electrons. The molecule has 3 aromatic rings. The highest BCUT2D eigenvalue weighted by molar-refractivity contribution is 7.99. The topological polar surface area (TPSA) is 63.4 Å². The van der Waals surface area contributed by atoms with Gasteiger partial charge < -0.3 is 4.90 Å². The average molecular weight is 382 g/mol. The molecule has 1 aliphatic heterocycles. The Morgan fingerprint density at radius 1 is 1.00 bits per heavy atom. The summed E-state index contributed by atoms with van der Waals surface area (Å²) in [6, 6.07) is 12.1. The summed E-state index contributed by atoms with van der Waals surface area (Å²) in [6.07, 6.45) is 4.65. The first kappa shape index (κ1) is 18.0. The third-order valence-corrected chi connectivity index (χ3v) is 5.77. The Bertz CT molecular complexity index is 929. The van der Waals surface area contributed by atoms with Crippen molar-refractivity contribution in [3.8, 4) is 11.3 Å². The van der Waals surface area contributed by atoms with Gasteiger partial charge in [-0.1, -0.05) is 54.4 Å². The lowest BCUT2D eigenvalue weighted by molar-refractivity contribution is -0.128. The predicted octanol–water partition coefficient (Wildman–Crippen LogP) is 3.59. The fourth-order valence-electron chi connectivity index (χ4n) is 3.28. The van der Waals surface area contributed by atoms with E-state index in [-0.39, 0.29) is 5.91 Å². The van der Waals surface area contributed by atoms with Crippen molar-refractivity contribution >= 4 is 23.3 Å². The summed E-state index contributed by atoms with van der Waals surface area (Å²) in [5.74, 6) is 0.547. The van der Waals surface area contributed by atoms with E-state index in [1.165, 1.54) is 30.2 Å². The van der Waals surface area contributed by atoms with Crippen molar-refractivity contribution in [3.05, 3.63) is 42.0 Å². The molecule has 1 amide bonds. The third kappa shape index (κ3) is 4.13. The summed E-state index contributed by atoms with van der Waals surface area (Å²) in [4.78, 5) is 14.5. The molecule has 0 saturated carbocycles. The van der Waals surface area contributed by atoms with Crippen LogP contribution in [0, 0.1) is 6.92 Å². The average Bonchev–Trinajstić information content (AvgIpc) is 2.89. The Labute approximate surface area is 163 Å². The number of thioether (sulfide) groups is 1. The molecule has 0 bridgehead atoms. The number of rotatable bonds is 4. The molecule has 6 nitrogen and oxygen atoms in total. The van der Waals surface area contributed by atoms with Gasteiger partial charge in [-0.15, -0.1) is 10.2 Å². The number of carbonyl (C=O) groups is 1. The van der Waals surface area contributed by atoms with Crippen molar-refractivity contribution in [1.29, 1.82) is 0 Å². The van der Waals surface area contributed by atoms with Crippen LogP contribution in [0.15, 0.2) is 41.6 Å². The van der Waals surface area contributed by atoms with Crippen LogP contribution in [0.25, 0.3) is 16.9 Å². The van der Waals surface area contributed by atoms with Gasteiger partial charge in [-0.25, -0.2) is 0 Å². The number of aryl methyl sites for hydroxylation is 1. The number of hydrogen-bond acceptors (Lipinski definition) is 5. The van der Waals surface area contributed by atoms with Crippen LogP contribution in [-0.4, -0.2) is 49.5 Å². The molecule has 27 heavy (non-hydrogen) atoms. The molecule has 4 rings (SSSR count). The van der Waals surface area contributed by atoms with E-state index >= 15 is 0 Å². The second-order valence-electron chi connectivity index (χ2n) is 6.92. The number of nitrogens with zero attached hydrogens (tertiary/aromatic N) is 5. The van der Waals surface area contributed by atoms with Crippen LogP contribution in [0.3, 0.4) is 0 Å². The van der Waals surface area contributed by atoms with Crippen molar-refractivity contribution in [2.24, 2.45) is 0 Å². The molecular weight excluding hydrogens is 358 g/mol. The zero-order chi connectivity index (χ0) is 18.6. The minimum absolute atomic E-state index is 0.174. The SMILES string of the molecule is Cc1ccc(-c2ccc3nnc(SCC(=O)N4CCCCCC4)n3n2)cc1. The Kier molecular flexibility index (Phi) is 5.38. The van der Waals surface area contributed by atoms with Gasteiger partial charge in [0, 0.05) is 18.7 Å². The van der Waals surface area contributed by atoms with Crippen LogP contribution in [0.2, 0.25) is 0 Å². The largest absolute Gasteiger partial charge is 0.342 e. The Morgan fingerprint density at radius 3 is 2.48 bits per heavy atom. The Balaban J connectivity index is 1.51. The van der Waals surface area contributed by atoms with Crippen LogP contribution in [0.1, 0.15) is 31.2 Å². The molecule has 3 heterocycles. The highest BCUT2D eigenvalue weighted by Gasteiger charge is 2.17. The van der Waals surface area contributed by atoms with Gasteiger partial charge in [0.05, 0.1) is 11.4 Å². The van der Waals surface area contributed by atoms with E-state index in [2.05, 4.69) is 46.5 Å². The van der Waals surface area contributed by atoms with Gasteiger partial charge in [0.2, 0.25) is 11.1 Å². The standard InChI is InChI=1S/C20H23N5OS/c1-15-6-8-16(9-7-15)17-10-11-18-21-22-20(25(18)23-17)27-14-19(26)24-12-4-2-3-5-13-24/h6-11H,2-5,12-14H2,1H3. The molecule has 0 N–H and O–H groups in total. The maximum absolute atomic E-state index is 12.5. The van der Waals surface area contributed by atoms with Crippen LogP contribution in [-0.2, 0) is 4.79 Å². The summed E-state index contributed by atoms with van der Waals surface area (Å²) in [6.45, 7) is 3.81. The van der Waals surface area contributed by atoms with E-state index in [1.807, 2.05) is 17.0 Å². The van der Waals surface area contributed by atoms with Gasteiger partial charge in [0.25, 0.3) is 0 Å². The summed E-state index contributed by atoms with van der Waals surface area (Å²) >= 11 is 1.41. The number of fused-ring (bicyclic) bond motifs is 1. The van der Waals surface area contributed by atoms with Gasteiger partial charge in [-0.2, -0.15) is 9.61 Å². The lowest BCUT2D eigenvalue weighted by Gasteiger charge is -2.19. The van der Waals surface area contributed by atoms with Crippen LogP contribution in [0.5, 0.6) is 0 Å². The highest BCUT2D eigenvalue weighted by Crippen LogP contribution is 2.22. The molecule has 1 aliphatic rings. The fourth-order valence-corrected chi connectivity index (χ4v) is 4.07. The second-order valence-corrected chi connectivity index (χ2v) is 7.86. The normalized spacial score (nSPS) is 15.1. The quantitative estimate of drug-likeness (QED) is 0.646. The minimum atomic E-state index is 0.174. The smallest absolute Gasteiger partial charge is 0.233 e. The highest BCUT2D eigenvalue weighted by atomic mass is 32.2. The van der Waals surface area contributed by atoms with E-state index in [4.69, 9.17) is 0 Å². The number of carbonyl (C=O) groups excluding carboxylic acids is 1. The first-order valence-corrected chi connectivity index (χ1v) is 10.4. The minimum Gasteiger partial charge on any atom is -0.342 e. The predicted molar refractivity (Wildman–Crippen MR) is 107 cm³/mol. The van der Waals surface area contributed by atoms with Gasteiger partial charge in [0.15, 0.2) is 5.65 Å². The van der Waals surface area contributed by atoms with Gasteiger partial charge in [-0.05, 0) is 31.9 Å². The van der Waals surface area contributed by atoms with Gasteiger partial charge in [-0.3, -0.25) is 4.79 Å². The fraction of sp³-hybridized carbons (Fsp3) is 0.400. The van der Waals surface area contributed by atoms with Crippen molar-refractivity contribution in [1.82, 2.24) is 24.7 Å². The maximum atomic E-state index is 12.5. The Hall–Kier alpha value is -2.41. The number of aromatic nitrogens is 4. The number of benzene rings is 1. The maximum Gasteiger partial charge on any atom is 0.233 e. The van der Waals surface area contributed by atoms with E-state index in [1.54, 1.807) is 4.52 Å². The number of amides is 1. The van der Waals surface area contributed by atoms with Crippen LogP contribution in [0.4, 0.5) is 0 Å². The van der Waals surface area contributed by atoms with Crippen molar-refractivity contribution in [2.75, 3.05) is 18.8 Å². The molecule has 1 fully saturated rings. The lowest BCUT2D eigenvalue weighted by Crippen LogP contribution is -2.33. The second kappa shape index (κ2) is 8.08. The van der Waals surface area contributed by atoms with Crippen LogP contribution < -0.4 is 0 Å². The number of hydrogen-bond donors (Lipinski definition) is 0. The van der Waals surface area contributed by atoms with E-state index in [0.29, 0.717) is 16.6 Å². The van der Waals surface area contributed by atoms with Gasteiger partial charge >= 0.3 is 0 Å². The molecule has 0 unspecified atom stereocenters. The molecule has 2 aromatic heterocycles. The Morgan fingerprint density at radius 2 is 1.74 bits per heavy atom. The lowest BCUT2D eigenvalue weighted by atomic mass is 10.1. The molecule has 0 aliphatic carbocycles. The first-order valence-electron chi connectivity index (χ1n) is 9.41. The zero-order valence-corrected chi connectivity index (χ0v) is 16.3. The summed E-state index contributed by atoms with van der Waals surface area (Å²) in [5, 5.41) is 13.7. The monoisotopic (exact) mass is 381 g/mol. The van der Waals surface area contributed by atoms with E-state index < -0.39 is 0 Å². The molecule has 0 atom stereocenters. The van der Waals surface area contributed by atoms with Crippen LogP contribution >= 0.6 is 11.8 Å². The summed E-state index contributed by atoms with van der Waals surface area (Å²) in [7, 11) is 0. The van der Waals surface area contributed by atoms with E-state index in [9.17, 15) is 4.79 Å².